The lowest BCUT2D eigenvalue weighted by Crippen LogP contribution is -2.37. The summed E-state index contributed by atoms with van der Waals surface area (Å²) in [6.45, 7) is 1.05. The van der Waals surface area contributed by atoms with E-state index in [1.165, 1.54) is 6.07 Å². The molecule has 0 bridgehead atoms. The van der Waals surface area contributed by atoms with E-state index in [4.69, 9.17) is 11.6 Å². The lowest BCUT2D eigenvalue weighted by Gasteiger charge is -2.12. The van der Waals surface area contributed by atoms with Crippen molar-refractivity contribution in [1.82, 2.24) is 10.0 Å². The molecule has 7 nitrogen and oxygen atoms in total. The number of hydrogen-bond donors (Lipinski definition) is 2. The average Bonchev–Trinajstić information content (AvgIpc) is 2.89. The Bertz CT molecular complexity index is 614. The highest BCUT2D eigenvalue weighted by atomic mass is 35.5. The summed E-state index contributed by atoms with van der Waals surface area (Å²) < 4.78 is 26.7. The molecule has 9 heteroatoms. The van der Waals surface area contributed by atoms with Gasteiger partial charge in [-0.3, -0.25) is 10.1 Å². The number of rotatable bonds is 5. The molecule has 110 valence electrons. The SMILES string of the molecule is O=[N+]([O-])c1ccc(Cl)cc1S(=O)(=O)NCC1CCCN1. The van der Waals surface area contributed by atoms with E-state index in [0.717, 1.165) is 31.5 Å². The smallest absolute Gasteiger partial charge is 0.289 e. The molecule has 1 saturated heterocycles. The van der Waals surface area contributed by atoms with Crippen molar-refractivity contribution in [3.63, 3.8) is 0 Å². The zero-order chi connectivity index (χ0) is 14.8. The predicted molar refractivity (Wildman–Crippen MR) is 74.3 cm³/mol. The molecule has 1 unspecified atom stereocenters. The van der Waals surface area contributed by atoms with E-state index >= 15 is 0 Å². The van der Waals surface area contributed by atoms with Crippen LogP contribution in [0.25, 0.3) is 0 Å². The Hall–Kier alpha value is -1.22. The van der Waals surface area contributed by atoms with Gasteiger partial charge in [0.25, 0.3) is 5.69 Å². The van der Waals surface area contributed by atoms with Crippen LogP contribution in [0.5, 0.6) is 0 Å². The summed E-state index contributed by atoms with van der Waals surface area (Å²) in [6.07, 6.45) is 1.86. The molecule has 1 atom stereocenters. The predicted octanol–water partition coefficient (Wildman–Crippen LogP) is 1.28. The van der Waals surface area contributed by atoms with E-state index in [9.17, 15) is 18.5 Å². The third-order valence-electron chi connectivity index (χ3n) is 3.09. The second-order valence-corrected chi connectivity index (χ2v) is 6.69. The molecule has 1 aliphatic heterocycles. The maximum atomic E-state index is 12.2. The summed E-state index contributed by atoms with van der Waals surface area (Å²) >= 11 is 5.73. The Kier molecular flexibility index (Phi) is 4.59. The molecule has 20 heavy (non-hydrogen) atoms. The molecule has 2 rings (SSSR count). The van der Waals surface area contributed by atoms with E-state index in [1.807, 2.05) is 0 Å². The van der Waals surface area contributed by atoms with Gasteiger partial charge in [-0.2, -0.15) is 0 Å². The largest absolute Gasteiger partial charge is 0.313 e. The summed E-state index contributed by atoms with van der Waals surface area (Å²) in [5.74, 6) is 0. The summed E-state index contributed by atoms with van der Waals surface area (Å²) in [6, 6.07) is 3.52. The van der Waals surface area contributed by atoms with Crippen LogP contribution in [0.1, 0.15) is 12.8 Å². The topological polar surface area (TPSA) is 101 Å². The Morgan fingerprint density at radius 1 is 1.50 bits per heavy atom. The molecule has 1 aliphatic rings. The first-order valence-electron chi connectivity index (χ1n) is 6.07. The molecule has 0 saturated carbocycles. The normalized spacial score (nSPS) is 19.1. The van der Waals surface area contributed by atoms with Crippen molar-refractivity contribution in [1.29, 1.82) is 0 Å². The number of nitro groups is 1. The van der Waals surface area contributed by atoms with Gasteiger partial charge in [-0.15, -0.1) is 0 Å². The number of nitro benzene ring substituents is 1. The van der Waals surface area contributed by atoms with E-state index in [0.29, 0.717) is 0 Å². The highest BCUT2D eigenvalue weighted by Crippen LogP contribution is 2.26. The van der Waals surface area contributed by atoms with Crippen molar-refractivity contribution in [2.24, 2.45) is 0 Å². The first-order valence-corrected chi connectivity index (χ1v) is 7.93. The summed E-state index contributed by atoms with van der Waals surface area (Å²) in [4.78, 5) is 9.75. The van der Waals surface area contributed by atoms with Gasteiger partial charge >= 0.3 is 0 Å². The quantitative estimate of drug-likeness (QED) is 0.629. The first kappa shape index (κ1) is 15.2. The van der Waals surface area contributed by atoms with Gasteiger partial charge in [-0.05, 0) is 31.5 Å². The maximum Gasteiger partial charge on any atom is 0.289 e. The third kappa shape index (κ3) is 3.45. The van der Waals surface area contributed by atoms with E-state index in [1.54, 1.807) is 0 Å². The van der Waals surface area contributed by atoms with Gasteiger partial charge in [-0.1, -0.05) is 11.6 Å². The summed E-state index contributed by atoms with van der Waals surface area (Å²) in [7, 11) is -3.96. The zero-order valence-corrected chi connectivity index (χ0v) is 12.1. The molecule has 0 amide bonds. The molecule has 0 radical (unpaired) electrons. The van der Waals surface area contributed by atoms with Crippen LogP contribution >= 0.6 is 11.6 Å². The minimum atomic E-state index is -3.96. The Balaban J connectivity index is 2.23. The molecule has 0 aliphatic carbocycles. The second-order valence-electron chi connectivity index (χ2n) is 4.51. The van der Waals surface area contributed by atoms with Crippen molar-refractivity contribution in [2.75, 3.05) is 13.1 Å². The Morgan fingerprint density at radius 3 is 2.85 bits per heavy atom. The van der Waals surface area contributed by atoms with Crippen molar-refractivity contribution in [3.8, 4) is 0 Å². The van der Waals surface area contributed by atoms with Gasteiger partial charge in [0.2, 0.25) is 10.0 Å². The number of halogens is 1. The number of benzene rings is 1. The molecule has 1 heterocycles. The average molecular weight is 320 g/mol. The number of nitrogens with one attached hydrogen (secondary N) is 2. The molecule has 0 spiro atoms. The summed E-state index contributed by atoms with van der Waals surface area (Å²) in [5.41, 5.74) is -0.485. The standard InChI is InChI=1S/C11H14ClN3O4S/c12-8-3-4-10(15(16)17)11(6-8)20(18,19)14-7-9-2-1-5-13-9/h3-4,6,9,13-14H,1-2,5,7H2. The van der Waals surface area contributed by atoms with Crippen LogP contribution in [0.15, 0.2) is 23.1 Å². The van der Waals surface area contributed by atoms with Crippen LogP contribution in [0.3, 0.4) is 0 Å². The monoisotopic (exact) mass is 319 g/mol. The molecular weight excluding hydrogens is 306 g/mol. The lowest BCUT2D eigenvalue weighted by atomic mass is 10.2. The lowest BCUT2D eigenvalue weighted by molar-refractivity contribution is -0.387. The number of nitrogens with zero attached hydrogens (tertiary/aromatic N) is 1. The van der Waals surface area contributed by atoms with Crippen molar-refractivity contribution >= 4 is 27.3 Å². The van der Waals surface area contributed by atoms with E-state index < -0.39 is 25.5 Å². The van der Waals surface area contributed by atoms with Crippen LogP contribution in [0.2, 0.25) is 5.02 Å². The Morgan fingerprint density at radius 2 is 2.25 bits per heavy atom. The van der Waals surface area contributed by atoms with Gasteiger partial charge < -0.3 is 5.32 Å². The van der Waals surface area contributed by atoms with Crippen LogP contribution < -0.4 is 10.0 Å². The van der Waals surface area contributed by atoms with Crippen molar-refractivity contribution in [3.05, 3.63) is 33.3 Å². The van der Waals surface area contributed by atoms with Gasteiger partial charge in [0.05, 0.1) is 4.92 Å². The molecule has 1 aromatic carbocycles. The van der Waals surface area contributed by atoms with Gasteiger partial charge in [0.15, 0.2) is 4.90 Å². The zero-order valence-electron chi connectivity index (χ0n) is 10.5. The minimum Gasteiger partial charge on any atom is -0.313 e. The molecular formula is C11H14ClN3O4S. The highest BCUT2D eigenvalue weighted by molar-refractivity contribution is 7.89. The van der Waals surface area contributed by atoms with E-state index in [-0.39, 0.29) is 17.6 Å². The fourth-order valence-corrected chi connectivity index (χ4v) is 3.59. The fourth-order valence-electron chi connectivity index (χ4n) is 2.07. The minimum absolute atomic E-state index is 0.0583. The molecule has 2 N–H and O–H groups in total. The van der Waals surface area contributed by atoms with Gasteiger partial charge in [0, 0.05) is 23.7 Å². The van der Waals surface area contributed by atoms with Crippen LogP contribution in [-0.2, 0) is 10.0 Å². The first-order chi connectivity index (χ1) is 9.40. The van der Waals surface area contributed by atoms with E-state index in [2.05, 4.69) is 10.0 Å². The Labute approximate surface area is 121 Å². The third-order valence-corrected chi connectivity index (χ3v) is 4.78. The van der Waals surface area contributed by atoms with Gasteiger partial charge in [0.1, 0.15) is 0 Å². The summed E-state index contributed by atoms with van der Waals surface area (Å²) in [5, 5.41) is 14.2. The molecule has 1 fully saturated rings. The number of sulfonamides is 1. The highest BCUT2D eigenvalue weighted by Gasteiger charge is 2.27. The fraction of sp³-hybridized carbons (Fsp3) is 0.455. The van der Waals surface area contributed by atoms with Gasteiger partial charge in [-0.25, -0.2) is 13.1 Å². The maximum absolute atomic E-state index is 12.2. The van der Waals surface area contributed by atoms with Crippen LogP contribution in [-0.4, -0.2) is 32.5 Å². The van der Waals surface area contributed by atoms with Crippen molar-refractivity contribution in [2.45, 2.75) is 23.8 Å². The number of hydrogen-bond acceptors (Lipinski definition) is 5. The molecule has 0 aromatic heterocycles. The molecule has 1 aromatic rings. The van der Waals surface area contributed by atoms with Crippen LogP contribution in [0, 0.1) is 10.1 Å². The van der Waals surface area contributed by atoms with Crippen LogP contribution in [0.4, 0.5) is 5.69 Å². The second kappa shape index (κ2) is 6.04. The van der Waals surface area contributed by atoms with Crippen molar-refractivity contribution < 1.29 is 13.3 Å².